The van der Waals surface area contributed by atoms with Crippen molar-refractivity contribution in [2.45, 2.75) is 37.3 Å². The molecule has 0 spiro atoms. The molecule has 1 atom stereocenters. The van der Waals surface area contributed by atoms with Crippen LogP contribution in [-0.4, -0.2) is 33.8 Å². The van der Waals surface area contributed by atoms with Crippen LogP contribution in [0.4, 0.5) is 6.01 Å². The molecule has 0 bridgehead atoms. The summed E-state index contributed by atoms with van der Waals surface area (Å²) in [4.78, 5) is 2.15. The van der Waals surface area contributed by atoms with Gasteiger partial charge in [0.05, 0.1) is 0 Å². The topological polar surface area (TPSA) is 42.2 Å². The Hall–Kier alpha value is -0.420. The molecule has 96 valence electrons. The van der Waals surface area contributed by atoms with Gasteiger partial charge in [0, 0.05) is 23.6 Å². The summed E-state index contributed by atoms with van der Waals surface area (Å²) in [5, 5.41) is 7.80. The number of anilines is 1. The molecule has 1 aliphatic heterocycles. The molecule has 0 amide bonds. The molecular weight excluding hydrogens is 258 g/mol. The Bertz CT molecular complexity index is 381. The van der Waals surface area contributed by atoms with Crippen LogP contribution in [0.5, 0.6) is 0 Å². The van der Waals surface area contributed by atoms with Gasteiger partial charge in [0.15, 0.2) is 0 Å². The van der Waals surface area contributed by atoms with Crippen molar-refractivity contribution >= 4 is 29.4 Å². The first kappa shape index (κ1) is 13.0. The maximum atomic E-state index is 5.91. The number of hydrogen-bond donors (Lipinski definition) is 0. The Balaban J connectivity index is 2.06. The van der Waals surface area contributed by atoms with Gasteiger partial charge < -0.3 is 9.32 Å². The molecule has 17 heavy (non-hydrogen) atoms. The van der Waals surface area contributed by atoms with Gasteiger partial charge in [-0.25, -0.2) is 0 Å². The summed E-state index contributed by atoms with van der Waals surface area (Å²) in [7, 11) is 0. The zero-order valence-electron chi connectivity index (χ0n) is 10.4. The van der Waals surface area contributed by atoms with Crippen LogP contribution in [-0.2, 0) is 0 Å². The summed E-state index contributed by atoms with van der Waals surface area (Å²) in [5.74, 6) is 1.58. The fourth-order valence-electron chi connectivity index (χ4n) is 1.73. The number of rotatable bonds is 2. The average molecular weight is 276 g/mol. The predicted octanol–water partition coefficient (Wildman–Crippen LogP) is 3.09. The third-order valence-electron chi connectivity index (χ3n) is 2.88. The van der Waals surface area contributed by atoms with Crippen LogP contribution in [0, 0.1) is 0 Å². The number of nitrogens with zero attached hydrogens (tertiary/aromatic N) is 3. The normalized spacial score (nSPS) is 22.2. The molecule has 0 N–H and O–H groups in total. The zero-order chi connectivity index (χ0) is 12.5. The van der Waals surface area contributed by atoms with Crippen LogP contribution in [0.25, 0.3) is 0 Å². The highest BCUT2D eigenvalue weighted by molar-refractivity contribution is 8.00. The van der Waals surface area contributed by atoms with E-state index in [-0.39, 0.29) is 5.38 Å². The SMILES string of the molecule is CC(Cl)c1nnc(N2CCSC(C)(C)CC2)o1. The van der Waals surface area contributed by atoms with Gasteiger partial charge in [-0.2, -0.15) is 11.8 Å². The van der Waals surface area contributed by atoms with Gasteiger partial charge in [0.25, 0.3) is 0 Å². The lowest BCUT2D eigenvalue weighted by Crippen LogP contribution is -2.27. The lowest BCUT2D eigenvalue weighted by Gasteiger charge is -2.21. The second-order valence-corrected chi connectivity index (χ2v) is 7.34. The number of halogens is 1. The van der Waals surface area contributed by atoms with E-state index < -0.39 is 0 Å². The third-order valence-corrected chi connectivity index (χ3v) is 4.44. The van der Waals surface area contributed by atoms with Crippen LogP contribution in [0.3, 0.4) is 0 Å². The van der Waals surface area contributed by atoms with Crippen molar-refractivity contribution in [2.75, 3.05) is 23.7 Å². The molecule has 0 aromatic carbocycles. The van der Waals surface area contributed by atoms with Gasteiger partial charge in [-0.3, -0.25) is 0 Å². The van der Waals surface area contributed by atoms with Gasteiger partial charge in [-0.05, 0) is 13.3 Å². The second-order valence-electron chi connectivity index (χ2n) is 4.88. The van der Waals surface area contributed by atoms with Crippen molar-refractivity contribution in [3.05, 3.63) is 5.89 Å². The van der Waals surface area contributed by atoms with Gasteiger partial charge in [0.1, 0.15) is 5.38 Å². The Morgan fingerprint density at radius 1 is 1.41 bits per heavy atom. The molecule has 6 heteroatoms. The molecule has 2 rings (SSSR count). The van der Waals surface area contributed by atoms with E-state index in [0.29, 0.717) is 16.7 Å². The molecule has 0 aliphatic carbocycles. The summed E-state index contributed by atoms with van der Waals surface area (Å²) >= 11 is 7.91. The average Bonchev–Trinajstić information content (AvgIpc) is 2.65. The van der Waals surface area contributed by atoms with E-state index in [4.69, 9.17) is 16.0 Å². The summed E-state index contributed by atoms with van der Waals surface area (Å²) in [6, 6.07) is 0.603. The highest BCUT2D eigenvalue weighted by atomic mass is 35.5. The van der Waals surface area contributed by atoms with E-state index in [1.165, 1.54) is 0 Å². The lowest BCUT2D eigenvalue weighted by atomic mass is 10.1. The maximum absolute atomic E-state index is 5.91. The van der Waals surface area contributed by atoms with E-state index in [1.54, 1.807) is 0 Å². The van der Waals surface area contributed by atoms with E-state index >= 15 is 0 Å². The summed E-state index contributed by atoms with van der Waals surface area (Å²) in [6.45, 7) is 8.30. The van der Waals surface area contributed by atoms with Crippen molar-refractivity contribution in [1.29, 1.82) is 0 Å². The molecule has 1 aliphatic rings. The van der Waals surface area contributed by atoms with Crippen molar-refractivity contribution in [2.24, 2.45) is 0 Å². The van der Waals surface area contributed by atoms with E-state index in [9.17, 15) is 0 Å². The molecule has 1 saturated heterocycles. The number of hydrogen-bond acceptors (Lipinski definition) is 5. The van der Waals surface area contributed by atoms with Crippen LogP contribution in [0.15, 0.2) is 4.42 Å². The quantitative estimate of drug-likeness (QED) is 0.776. The molecule has 1 fully saturated rings. The summed E-state index contributed by atoms with van der Waals surface area (Å²) in [5.41, 5.74) is 0. The smallest absolute Gasteiger partial charge is 0.318 e. The van der Waals surface area contributed by atoms with Crippen molar-refractivity contribution in [3.8, 4) is 0 Å². The molecule has 1 unspecified atom stereocenters. The monoisotopic (exact) mass is 275 g/mol. The van der Waals surface area contributed by atoms with Gasteiger partial charge in [-0.1, -0.05) is 18.9 Å². The maximum Gasteiger partial charge on any atom is 0.318 e. The van der Waals surface area contributed by atoms with Gasteiger partial charge in [0.2, 0.25) is 5.89 Å². The Labute approximate surface area is 111 Å². The first-order valence-electron chi connectivity index (χ1n) is 5.84. The number of thioether (sulfide) groups is 1. The molecule has 0 radical (unpaired) electrons. The molecule has 4 nitrogen and oxygen atoms in total. The van der Waals surface area contributed by atoms with Gasteiger partial charge in [-0.15, -0.1) is 16.7 Å². The fourth-order valence-corrected chi connectivity index (χ4v) is 2.91. The van der Waals surface area contributed by atoms with Crippen molar-refractivity contribution in [1.82, 2.24) is 10.2 Å². The first-order chi connectivity index (χ1) is 7.98. The number of aromatic nitrogens is 2. The third kappa shape index (κ3) is 3.28. The van der Waals surface area contributed by atoms with Gasteiger partial charge >= 0.3 is 6.01 Å². The molecule has 1 aromatic rings. The molecule has 2 heterocycles. The highest BCUT2D eigenvalue weighted by Gasteiger charge is 2.26. The molecule has 0 saturated carbocycles. The minimum Gasteiger partial charge on any atom is -0.406 e. The fraction of sp³-hybridized carbons (Fsp3) is 0.818. The minimum absolute atomic E-state index is 0.228. The van der Waals surface area contributed by atoms with E-state index in [2.05, 4.69) is 28.9 Å². The molecular formula is C11H18ClN3OS. The van der Waals surface area contributed by atoms with Crippen LogP contribution >= 0.6 is 23.4 Å². The standard InChI is InChI=1S/C11H18ClN3OS/c1-8(12)9-13-14-10(16-9)15-5-4-11(2,3)17-7-6-15/h8H,4-7H2,1-3H3. The van der Waals surface area contributed by atoms with E-state index in [0.717, 1.165) is 25.3 Å². The molecule has 1 aromatic heterocycles. The number of alkyl halides is 1. The Morgan fingerprint density at radius 2 is 2.18 bits per heavy atom. The highest BCUT2D eigenvalue weighted by Crippen LogP contribution is 2.32. The Morgan fingerprint density at radius 3 is 2.82 bits per heavy atom. The summed E-state index contributed by atoms with van der Waals surface area (Å²) in [6.07, 6.45) is 1.12. The first-order valence-corrected chi connectivity index (χ1v) is 7.26. The zero-order valence-corrected chi connectivity index (χ0v) is 12.0. The summed E-state index contributed by atoms with van der Waals surface area (Å²) < 4.78 is 5.90. The second kappa shape index (κ2) is 5.06. The lowest BCUT2D eigenvalue weighted by molar-refractivity contribution is 0.481. The van der Waals surface area contributed by atoms with Crippen molar-refractivity contribution < 1.29 is 4.42 Å². The largest absolute Gasteiger partial charge is 0.406 e. The van der Waals surface area contributed by atoms with Crippen LogP contribution < -0.4 is 4.90 Å². The van der Waals surface area contributed by atoms with E-state index in [1.807, 2.05) is 18.7 Å². The minimum atomic E-state index is -0.228. The van der Waals surface area contributed by atoms with Crippen molar-refractivity contribution in [3.63, 3.8) is 0 Å². The van der Waals surface area contributed by atoms with Crippen LogP contribution in [0.2, 0.25) is 0 Å². The predicted molar refractivity (Wildman–Crippen MR) is 71.9 cm³/mol. The van der Waals surface area contributed by atoms with Crippen LogP contribution in [0.1, 0.15) is 38.5 Å². The Kier molecular flexibility index (Phi) is 3.88.